The molecule has 8 heteroatoms. The number of nitrogens with zero attached hydrogens (tertiary/aromatic N) is 3. The van der Waals surface area contributed by atoms with Crippen molar-refractivity contribution in [3.8, 4) is 5.69 Å². The lowest BCUT2D eigenvalue weighted by molar-refractivity contribution is 0.353. The summed E-state index contributed by atoms with van der Waals surface area (Å²) in [5.74, 6) is 1.69. The summed E-state index contributed by atoms with van der Waals surface area (Å²) in [5, 5.41) is 4.48. The van der Waals surface area contributed by atoms with Gasteiger partial charge in [-0.15, -0.1) is 11.8 Å². The molecule has 0 N–H and O–H groups in total. The zero-order valence-electron chi connectivity index (χ0n) is 10.1. The van der Waals surface area contributed by atoms with Gasteiger partial charge in [0, 0.05) is 16.3 Å². The van der Waals surface area contributed by atoms with Crippen LogP contribution in [0.4, 0.5) is 0 Å². The highest BCUT2D eigenvalue weighted by molar-refractivity contribution is 7.99. The summed E-state index contributed by atoms with van der Waals surface area (Å²) in [6.45, 7) is 0. The van der Waals surface area contributed by atoms with Gasteiger partial charge in [-0.3, -0.25) is 4.52 Å². The smallest absolute Gasteiger partial charge is 0.342 e. The summed E-state index contributed by atoms with van der Waals surface area (Å²) in [4.78, 5) is 14.8. The maximum Gasteiger partial charge on any atom is 0.446 e. The van der Waals surface area contributed by atoms with Crippen LogP contribution in [0.2, 0.25) is 5.02 Å². The van der Waals surface area contributed by atoms with Crippen molar-refractivity contribution in [1.82, 2.24) is 14.6 Å². The van der Waals surface area contributed by atoms with Crippen LogP contribution < -0.4 is 5.76 Å². The third kappa shape index (κ3) is 1.60. The number of halogens is 1. The molecule has 1 fully saturated rings. The summed E-state index contributed by atoms with van der Waals surface area (Å²) in [6, 6.07) is 5.30. The van der Waals surface area contributed by atoms with Crippen molar-refractivity contribution in [2.75, 3.05) is 11.6 Å². The average molecular weight is 326 g/mol. The van der Waals surface area contributed by atoms with Crippen molar-refractivity contribution >= 4 is 40.6 Å². The molecule has 2 aliphatic heterocycles. The Morgan fingerprint density at radius 1 is 1.50 bits per heavy atom. The molecule has 0 amide bonds. The van der Waals surface area contributed by atoms with Crippen molar-refractivity contribution in [2.24, 2.45) is 0 Å². The number of aromatic nitrogens is 2. The van der Waals surface area contributed by atoms with Crippen LogP contribution in [-0.2, 0) is 0 Å². The predicted molar refractivity (Wildman–Crippen MR) is 80.7 cm³/mol. The first-order chi connectivity index (χ1) is 9.66. The Bertz CT molecular complexity index is 785. The first-order valence-corrected chi connectivity index (χ1v) is 7.88. The van der Waals surface area contributed by atoms with Crippen LogP contribution >= 0.6 is 35.6 Å². The normalized spacial score (nSPS) is 20.4. The zero-order chi connectivity index (χ0) is 13.9. The lowest BCUT2D eigenvalue weighted by Gasteiger charge is -2.22. The fraction of sp³-hybridized carbons (Fsp3) is 0.250. The minimum Gasteiger partial charge on any atom is -0.342 e. The van der Waals surface area contributed by atoms with E-state index in [2.05, 4.69) is 10.1 Å². The Morgan fingerprint density at radius 2 is 2.35 bits per heavy atom. The number of hydrogen-bond donors (Lipinski definition) is 0. The number of rotatable bonds is 0. The highest BCUT2D eigenvalue weighted by Gasteiger charge is 2.38. The van der Waals surface area contributed by atoms with Crippen LogP contribution in [0.5, 0.6) is 0 Å². The number of benzene rings is 1. The van der Waals surface area contributed by atoms with E-state index in [4.69, 9.17) is 28.3 Å². The van der Waals surface area contributed by atoms with Crippen LogP contribution in [0.15, 0.2) is 27.5 Å². The molecule has 102 valence electrons. The van der Waals surface area contributed by atoms with Crippen LogP contribution in [0, 0.1) is 0 Å². The minimum absolute atomic E-state index is 0.0369. The third-order valence-corrected chi connectivity index (χ3v) is 5.20. The molecular weight excluding hydrogens is 318 g/mol. The molecule has 2 aromatic rings. The molecule has 1 unspecified atom stereocenters. The molecule has 1 saturated heterocycles. The van der Waals surface area contributed by atoms with Crippen molar-refractivity contribution in [1.29, 1.82) is 0 Å². The predicted octanol–water partition coefficient (Wildman–Crippen LogP) is 2.22. The van der Waals surface area contributed by atoms with E-state index in [1.165, 1.54) is 4.57 Å². The number of thioether (sulfide) groups is 1. The van der Waals surface area contributed by atoms with Gasteiger partial charge in [0.1, 0.15) is 11.0 Å². The molecule has 1 aromatic carbocycles. The maximum atomic E-state index is 12.0. The highest BCUT2D eigenvalue weighted by atomic mass is 35.5. The number of thiocarbonyl (C=S) groups is 1. The van der Waals surface area contributed by atoms with Crippen LogP contribution in [-0.4, -0.2) is 31.2 Å². The molecule has 0 aliphatic carbocycles. The molecule has 0 spiro atoms. The van der Waals surface area contributed by atoms with Gasteiger partial charge in [-0.1, -0.05) is 29.0 Å². The summed E-state index contributed by atoms with van der Waals surface area (Å²) in [6.07, 6.45) is 0. The molecule has 20 heavy (non-hydrogen) atoms. The van der Waals surface area contributed by atoms with Crippen LogP contribution in [0.25, 0.3) is 5.69 Å². The number of hydrogen-bond acceptors (Lipinski definition) is 5. The summed E-state index contributed by atoms with van der Waals surface area (Å²) in [7, 11) is 0. The van der Waals surface area contributed by atoms with Gasteiger partial charge < -0.3 is 4.90 Å². The van der Waals surface area contributed by atoms with Crippen LogP contribution in [0.1, 0.15) is 17.4 Å². The minimum atomic E-state index is -0.509. The van der Waals surface area contributed by atoms with E-state index < -0.39 is 5.76 Å². The zero-order valence-corrected chi connectivity index (χ0v) is 12.5. The Morgan fingerprint density at radius 3 is 3.20 bits per heavy atom. The topological polar surface area (TPSA) is 51.3 Å². The van der Waals surface area contributed by atoms with Gasteiger partial charge in [-0.05, 0) is 18.2 Å². The maximum absolute atomic E-state index is 12.0. The van der Waals surface area contributed by atoms with E-state index in [0.717, 1.165) is 22.2 Å². The summed E-state index contributed by atoms with van der Waals surface area (Å²) >= 11 is 13.4. The van der Waals surface area contributed by atoms with Crippen molar-refractivity contribution in [3.63, 3.8) is 0 Å². The lowest BCUT2D eigenvalue weighted by Crippen LogP contribution is -2.29. The number of fused-ring (bicyclic) bond motifs is 5. The first-order valence-electron chi connectivity index (χ1n) is 5.94. The van der Waals surface area contributed by atoms with Crippen molar-refractivity contribution in [2.45, 2.75) is 6.04 Å². The van der Waals surface area contributed by atoms with E-state index in [-0.39, 0.29) is 6.04 Å². The average Bonchev–Trinajstić information content (AvgIpc) is 3.01. The molecular formula is C12H8ClN3O2S2. The van der Waals surface area contributed by atoms with E-state index in [0.29, 0.717) is 16.5 Å². The summed E-state index contributed by atoms with van der Waals surface area (Å²) in [5.41, 5.74) is 1.45. The van der Waals surface area contributed by atoms with Gasteiger partial charge in [0.2, 0.25) is 0 Å². The van der Waals surface area contributed by atoms with E-state index in [9.17, 15) is 4.79 Å². The Hall–Kier alpha value is -1.31. The fourth-order valence-electron chi connectivity index (χ4n) is 2.57. The fourth-order valence-corrected chi connectivity index (χ4v) is 4.35. The van der Waals surface area contributed by atoms with Crippen molar-refractivity contribution in [3.05, 3.63) is 45.2 Å². The SMILES string of the molecule is O=c1onc2n1-c1cc(Cl)ccc1C(=S)N1CSCC21. The molecule has 1 atom stereocenters. The molecule has 0 saturated carbocycles. The second kappa shape index (κ2) is 4.34. The van der Waals surface area contributed by atoms with Gasteiger partial charge in [-0.25, -0.2) is 9.36 Å². The summed E-state index contributed by atoms with van der Waals surface area (Å²) < 4.78 is 6.32. The Balaban J connectivity index is 2.09. The largest absolute Gasteiger partial charge is 0.446 e. The van der Waals surface area contributed by atoms with Gasteiger partial charge >= 0.3 is 5.76 Å². The van der Waals surface area contributed by atoms with Crippen molar-refractivity contribution < 1.29 is 4.52 Å². The molecule has 4 rings (SSSR count). The molecule has 0 radical (unpaired) electrons. The van der Waals surface area contributed by atoms with Crippen LogP contribution in [0.3, 0.4) is 0 Å². The Kier molecular flexibility index (Phi) is 2.70. The first kappa shape index (κ1) is 12.4. The van der Waals surface area contributed by atoms with Gasteiger partial charge in [-0.2, -0.15) is 0 Å². The molecule has 0 bridgehead atoms. The van der Waals surface area contributed by atoms with Gasteiger partial charge in [0.15, 0.2) is 5.82 Å². The van der Waals surface area contributed by atoms with E-state index in [1.807, 2.05) is 6.07 Å². The molecule has 2 aliphatic rings. The Labute approximate surface area is 128 Å². The highest BCUT2D eigenvalue weighted by Crippen LogP contribution is 2.38. The second-order valence-corrected chi connectivity index (χ2v) is 6.42. The van der Waals surface area contributed by atoms with Gasteiger partial charge in [0.25, 0.3) is 0 Å². The standard InChI is InChI=1S/C12H8ClN3O2S2/c13-6-1-2-7-8(3-6)16-10(14-18-12(16)17)9-4-20-5-15(9)11(7)19/h1-3,9H,4-5H2. The molecule has 5 nitrogen and oxygen atoms in total. The molecule has 1 aromatic heterocycles. The third-order valence-electron chi connectivity index (χ3n) is 3.50. The lowest BCUT2D eigenvalue weighted by atomic mass is 10.1. The monoisotopic (exact) mass is 325 g/mol. The van der Waals surface area contributed by atoms with E-state index in [1.54, 1.807) is 23.9 Å². The van der Waals surface area contributed by atoms with E-state index >= 15 is 0 Å². The quantitative estimate of drug-likeness (QED) is 0.692. The second-order valence-electron chi connectivity index (χ2n) is 4.59. The van der Waals surface area contributed by atoms with Gasteiger partial charge in [0.05, 0.1) is 11.6 Å². The molecule has 3 heterocycles.